The fourth-order valence-corrected chi connectivity index (χ4v) is 3.39. The van der Waals surface area contributed by atoms with Crippen molar-refractivity contribution in [3.05, 3.63) is 45.4 Å². The molecule has 1 aliphatic heterocycles. The van der Waals surface area contributed by atoms with E-state index in [1.54, 1.807) is 18.2 Å². The summed E-state index contributed by atoms with van der Waals surface area (Å²) < 4.78 is 5.42. The number of aryl methyl sites for hydroxylation is 1. The Labute approximate surface area is 143 Å². The molecule has 1 aromatic heterocycles. The van der Waals surface area contributed by atoms with E-state index in [1.807, 2.05) is 12.3 Å². The summed E-state index contributed by atoms with van der Waals surface area (Å²) in [7, 11) is 0. The largest absolute Gasteiger partial charge is 0.493 e. The normalized spacial score (nSPS) is 13.9. The number of hydrogen-bond acceptors (Lipinski definition) is 5. The van der Waals surface area contributed by atoms with Crippen LogP contribution in [0.1, 0.15) is 34.8 Å². The SMILES string of the molecule is CCc1nc(CC(=O)NC(C(=O)O)c2ccc3c(c2)CCO3)cs1. The summed E-state index contributed by atoms with van der Waals surface area (Å²) in [5, 5.41) is 14.9. The van der Waals surface area contributed by atoms with Gasteiger partial charge in [0.05, 0.1) is 23.7 Å². The van der Waals surface area contributed by atoms with Gasteiger partial charge in [-0.2, -0.15) is 0 Å². The van der Waals surface area contributed by atoms with E-state index in [0.717, 1.165) is 29.2 Å². The monoisotopic (exact) mass is 346 g/mol. The van der Waals surface area contributed by atoms with Crippen LogP contribution in [0.15, 0.2) is 23.6 Å². The van der Waals surface area contributed by atoms with Gasteiger partial charge < -0.3 is 15.2 Å². The molecule has 2 heterocycles. The first-order chi connectivity index (χ1) is 11.6. The van der Waals surface area contributed by atoms with Crippen LogP contribution in [-0.2, 0) is 28.9 Å². The minimum absolute atomic E-state index is 0.0777. The minimum atomic E-state index is -1.09. The summed E-state index contributed by atoms with van der Waals surface area (Å²) in [5.41, 5.74) is 2.19. The Hall–Kier alpha value is -2.41. The van der Waals surface area contributed by atoms with Gasteiger partial charge in [0.15, 0.2) is 6.04 Å². The summed E-state index contributed by atoms with van der Waals surface area (Å²) in [6.45, 7) is 2.60. The Morgan fingerprint density at radius 3 is 3.00 bits per heavy atom. The van der Waals surface area contributed by atoms with Crippen LogP contribution in [0.2, 0.25) is 0 Å². The van der Waals surface area contributed by atoms with E-state index in [-0.39, 0.29) is 12.3 Å². The number of nitrogens with zero attached hydrogens (tertiary/aromatic N) is 1. The molecule has 1 unspecified atom stereocenters. The number of fused-ring (bicyclic) bond motifs is 1. The van der Waals surface area contributed by atoms with Crippen molar-refractivity contribution >= 4 is 23.2 Å². The van der Waals surface area contributed by atoms with E-state index in [0.29, 0.717) is 17.9 Å². The first-order valence-corrected chi connectivity index (χ1v) is 8.66. The number of carboxylic acid groups (broad SMARTS) is 1. The maximum Gasteiger partial charge on any atom is 0.330 e. The molecule has 0 saturated heterocycles. The third-order valence-electron chi connectivity index (χ3n) is 3.84. The molecule has 3 rings (SSSR count). The number of aliphatic carboxylic acids is 1. The quantitative estimate of drug-likeness (QED) is 0.836. The van der Waals surface area contributed by atoms with Crippen molar-refractivity contribution in [2.45, 2.75) is 32.2 Å². The minimum Gasteiger partial charge on any atom is -0.493 e. The van der Waals surface area contributed by atoms with Crippen LogP contribution in [0.4, 0.5) is 0 Å². The van der Waals surface area contributed by atoms with Crippen molar-refractivity contribution in [2.24, 2.45) is 0 Å². The number of carbonyl (C=O) groups excluding carboxylic acids is 1. The summed E-state index contributed by atoms with van der Waals surface area (Å²) in [6, 6.07) is 4.15. The van der Waals surface area contributed by atoms with Crippen LogP contribution in [0.5, 0.6) is 5.75 Å². The van der Waals surface area contributed by atoms with Crippen molar-refractivity contribution < 1.29 is 19.4 Å². The summed E-state index contributed by atoms with van der Waals surface area (Å²) in [4.78, 5) is 28.1. The Kier molecular flexibility index (Phi) is 4.80. The van der Waals surface area contributed by atoms with Crippen molar-refractivity contribution in [2.75, 3.05) is 6.61 Å². The number of hydrogen-bond donors (Lipinski definition) is 2. The first-order valence-electron chi connectivity index (χ1n) is 7.78. The molecule has 0 bridgehead atoms. The number of carboxylic acids is 1. The Bertz CT molecular complexity index is 772. The van der Waals surface area contributed by atoms with E-state index in [1.165, 1.54) is 11.3 Å². The van der Waals surface area contributed by atoms with Gasteiger partial charge in [0, 0.05) is 11.8 Å². The lowest BCUT2D eigenvalue weighted by atomic mass is 10.0. The molecule has 2 N–H and O–H groups in total. The molecule has 7 heteroatoms. The average Bonchev–Trinajstić information content (AvgIpc) is 3.20. The highest BCUT2D eigenvalue weighted by Gasteiger charge is 2.24. The highest BCUT2D eigenvalue weighted by Crippen LogP contribution is 2.28. The van der Waals surface area contributed by atoms with Gasteiger partial charge in [-0.15, -0.1) is 11.3 Å². The number of ether oxygens (including phenoxy) is 1. The summed E-state index contributed by atoms with van der Waals surface area (Å²) in [6.07, 6.45) is 1.65. The zero-order chi connectivity index (χ0) is 17.1. The third kappa shape index (κ3) is 3.56. The van der Waals surface area contributed by atoms with Crippen molar-refractivity contribution in [3.63, 3.8) is 0 Å². The molecule has 0 fully saturated rings. The predicted octanol–water partition coefficient (Wildman–Crippen LogP) is 2.12. The van der Waals surface area contributed by atoms with Gasteiger partial charge in [-0.3, -0.25) is 4.79 Å². The number of amides is 1. The fraction of sp³-hybridized carbons (Fsp3) is 0.353. The Morgan fingerprint density at radius 2 is 2.29 bits per heavy atom. The lowest BCUT2D eigenvalue weighted by Gasteiger charge is -2.15. The highest BCUT2D eigenvalue weighted by atomic mass is 32.1. The van der Waals surface area contributed by atoms with E-state index in [4.69, 9.17) is 4.74 Å². The topological polar surface area (TPSA) is 88.5 Å². The molecule has 0 radical (unpaired) electrons. The first kappa shape index (κ1) is 16.4. The van der Waals surface area contributed by atoms with E-state index < -0.39 is 12.0 Å². The second-order valence-electron chi connectivity index (χ2n) is 5.57. The Morgan fingerprint density at radius 1 is 1.46 bits per heavy atom. The second kappa shape index (κ2) is 7.00. The number of aromatic nitrogens is 1. The maximum atomic E-state index is 12.2. The van der Waals surface area contributed by atoms with E-state index in [2.05, 4.69) is 10.3 Å². The van der Waals surface area contributed by atoms with Gasteiger partial charge in [-0.05, 0) is 29.7 Å². The molecule has 0 spiro atoms. The standard InChI is InChI=1S/C17H18N2O4S/c1-2-15-18-12(9-24-15)8-14(20)19-16(17(21)22)11-3-4-13-10(7-11)5-6-23-13/h3-4,7,9,16H,2,5-6,8H2,1H3,(H,19,20)(H,21,22). The second-order valence-corrected chi connectivity index (χ2v) is 6.51. The molecule has 24 heavy (non-hydrogen) atoms. The van der Waals surface area contributed by atoms with Gasteiger partial charge in [0.2, 0.25) is 5.91 Å². The van der Waals surface area contributed by atoms with Crippen molar-refractivity contribution in [1.29, 1.82) is 0 Å². The Balaban J connectivity index is 1.71. The zero-order valence-corrected chi connectivity index (χ0v) is 14.1. The van der Waals surface area contributed by atoms with Crippen LogP contribution < -0.4 is 10.1 Å². The number of benzene rings is 1. The van der Waals surface area contributed by atoms with E-state index >= 15 is 0 Å². The maximum absolute atomic E-state index is 12.2. The van der Waals surface area contributed by atoms with Crippen molar-refractivity contribution in [3.8, 4) is 5.75 Å². The number of rotatable bonds is 6. The molecular formula is C17H18N2O4S. The number of carbonyl (C=O) groups is 2. The lowest BCUT2D eigenvalue weighted by molar-refractivity contribution is -0.142. The molecule has 6 nitrogen and oxygen atoms in total. The average molecular weight is 346 g/mol. The van der Waals surface area contributed by atoms with E-state index in [9.17, 15) is 14.7 Å². The van der Waals surface area contributed by atoms with Crippen LogP contribution >= 0.6 is 11.3 Å². The highest BCUT2D eigenvalue weighted by molar-refractivity contribution is 7.09. The molecule has 1 aliphatic rings. The lowest BCUT2D eigenvalue weighted by Crippen LogP contribution is -2.34. The van der Waals surface area contributed by atoms with Gasteiger partial charge in [-0.1, -0.05) is 13.0 Å². The molecule has 0 saturated carbocycles. The number of thiazole rings is 1. The fourth-order valence-electron chi connectivity index (χ4n) is 2.64. The smallest absolute Gasteiger partial charge is 0.330 e. The van der Waals surface area contributed by atoms with Crippen LogP contribution in [0.3, 0.4) is 0 Å². The molecule has 1 aromatic carbocycles. The zero-order valence-electron chi connectivity index (χ0n) is 13.2. The van der Waals surface area contributed by atoms with Gasteiger partial charge in [0.1, 0.15) is 5.75 Å². The number of nitrogens with one attached hydrogen (secondary N) is 1. The molecule has 2 aromatic rings. The van der Waals surface area contributed by atoms with Crippen LogP contribution in [0.25, 0.3) is 0 Å². The molecular weight excluding hydrogens is 328 g/mol. The molecule has 1 atom stereocenters. The van der Waals surface area contributed by atoms with Crippen LogP contribution in [0, 0.1) is 0 Å². The van der Waals surface area contributed by atoms with Crippen molar-refractivity contribution in [1.82, 2.24) is 10.3 Å². The molecule has 1 amide bonds. The molecule has 0 aliphatic carbocycles. The van der Waals surface area contributed by atoms with Gasteiger partial charge in [-0.25, -0.2) is 9.78 Å². The summed E-state index contributed by atoms with van der Waals surface area (Å²) >= 11 is 1.51. The third-order valence-corrected chi connectivity index (χ3v) is 4.88. The predicted molar refractivity (Wildman–Crippen MR) is 89.4 cm³/mol. The molecule has 126 valence electrons. The van der Waals surface area contributed by atoms with Gasteiger partial charge in [0.25, 0.3) is 0 Å². The summed E-state index contributed by atoms with van der Waals surface area (Å²) in [5.74, 6) is -0.661. The van der Waals surface area contributed by atoms with Gasteiger partial charge >= 0.3 is 5.97 Å². The van der Waals surface area contributed by atoms with Crippen LogP contribution in [-0.4, -0.2) is 28.6 Å².